The van der Waals surface area contributed by atoms with E-state index in [0.29, 0.717) is 17.2 Å². The molecule has 4 heterocycles. The van der Waals surface area contributed by atoms with Crippen LogP contribution in [0.3, 0.4) is 0 Å². The zero-order valence-electron chi connectivity index (χ0n) is 16.8. The first kappa shape index (κ1) is 18.1. The van der Waals surface area contributed by atoms with Crippen molar-refractivity contribution < 1.29 is 4.79 Å². The number of aromatic amines is 1. The van der Waals surface area contributed by atoms with E-state index in [9.17, 15) is 4.79 Å². The first-order valence-electron chi connectivity index (χ1n) is 10.8. The van der Waals surface area contributed by atoms with Crippen molar-refractivity contribution in [3.63, 3.8) is 0 Å². The maximum absolute atomic E-state index is 13.1. The Morgan fingerprint density at radius 2 is 2.00 bits per heavy atom. The van der Waals surface area contributed by atoms with E-state index in [1.165, 1.54) is 18.4 Å². The number of piperidine rings is 2. The number of H-pyrrole nitrogens is 1. The molecule has 6 nitrogen and oxygen atoms in total. The minimum Gasteiger partial charge on any atom is -0.342 e. The summed E-state index contributed by atoms with van der Waals surface area (Å²) in [5.74, 6) is 1.82. The normalized spacial score (nSPS) is 25.6. The Balaban J connectivity index is 1.21. The molecule has 2 aromatic rings. The quantitative estimate of drug-likeness (QED) is 0.746. The highest BCUT2D eigenvalue weighted by molar-refractivity contribution is 5.82. The van der Waals surface area contributed by atoms with Crippen molar-refractivity contribution >= 4 is 16.9 Å². The second kappa shape index (κ2) is 7.16. The zero-order chi connectivity index (χ0) is 19.1. The van der Waals surface area contributed by atoms with E-state index >= 15 is 0 Å². The van der Waals surface area contributed by atoms with Gasteiger partial charge in [0.2, 0.25) is 5.91 Å². The number of carbonyl (C=O) groups is 1. The second-order valence-electron chi connectivity index (χ2n) is 9.08. The van der Waals surface area contributed by atoms with Crippen molar-refractivity contribution in [3.8, 4) is 0 Å². The average Bonchev–Trinajstić information content (AvgIpc) is 3.34. The Morgan fingerprint density at radius 1 is 1.21 bits per heavy atom. The third kappa shape index (κ3) is 3.22. The molecular formula is C22H31N5O. The number of aromatic nitrogens is 2. The van der Waals surface area contributed by atoms with E-state index in [4.69, 9.17) is 4.98 Å². The zero-order valence-corrected chi connectivity index (χ0v) is 16.8. The topological polar surface area (TPSA) is 73.1 Å². The van der Waals surface area contributed by atoms with Crippen LogP contribution in [0.25, 0.3) is 11.0 Å². The third-order valence-corrected chi connectivity index (χ3v) is 7.25. The highest BCUT2D eigenvalue weighted by Crippen LogP contribution is 2.38. The molecule has 28 heavy (non-hydrogen) atoms. The first-order chi connectivity index (χ1) is 13.6. The Bertz CT molecular complexity index is 861. The number of carbonyl (C=O) groups excluding carboxylic acids is 1. The number of hydrogen-bond acceptors (Lipinski definition) is 4. The molecular weight excluding hydrogens is 350 g/mol. The molecule has 3 fully saturated rings. The van der Waals surface area contributed by atoms with Crippen LogP contribution in [-0.2, 0) is 4.79 Å². The van der Waals surface area contributed by atoms with Crippen LogP contribution >= 0.6 is 0 Å². The predicted molar refractivity (Wildman–Crippen MR) is 110 cm³/mol. The van der Waals surface area contributed by atoms with Crippen LogP contribution in [0.15, 0.2) is 18.2 Å². The molecule has 0 aliphatic carbocycles. The van der Waals surface area contributed by atoms with E-state index in [-0.39, 0.29) is 6.04 Å². The van der Waals surface area contributed by atoms with E-state index in [1.807, 2.05) is 0 Å². The number of fused-ring (bicyclic) bond motifs is 1. The van der Waals surface area contributed by atoms with Crippen LogP contribution in [0, 0.1) is 12.3 Å². The van der Waals surface area contributed by atoms with Gasteiger partial charge >= 0.3 is 0 Å². The molecule has 1 atom stereocenters. The van der Waals surface area contributed by atoms with Crippen LogP contribution in [0.5, 0.6) is 0 Å². The van der Waals surface area contributed by atoms with E-state index < -0.39 is 0 Å². The molecule has 6 heteroatoms. The van der Waals surface area contributed by atoms with Gasteiger partial charge in [0.15, 0.2) is 0 Å². The summed E-state index contributed by atoms with van der Waals surface area (Å²) in [6.07, 6.45) is 5.38. The minimum atomic E-state index is 0.0171. The molecule has 0 bridgehead atoms. The molecule has 3 saturated heterocycles. The SMILES string of the molecule is Cc1cccc2[nH]c(C3CCN(C(=O)C4CC5(CCNCC5)CN4)CC3)nc12. The van der Waals surface area contributed by atoms with Gasteiger partial charge in [0.25, 0.3) is 0 Å². The number of rotatable bonds is 2. The number of amides is 1. The Kier molecular flexibility index (Phi) is 4.63. The van der Waals surface area contributed by atoms with Crippen LogP contribution in [0.4, 0.5) is 0 Å². The van der Waals surface area contributed by atoms with Gasteiger partial charge in [-0.1, -0.05) is 12.1 Å². The summed E-state index contributed by atoms with van der Waals surface area (Å²) in [6, 6.07) is 6.30. The maximum atomic E-state index is 13.1. The minimum absolute atomic E-state index is 0.0171. The van der Waals surface area contributed by atoms with Gasteiger partial charge in [-0.3, -0.25) is 4.79 Å². The predicted octanol–water partition coefficient (Wildman–Crippen LogP) is 2.31. The molecule has 150 valence electrons. The summed E-state index contributed by atoms with van der Waals surface area (Å²) in [5.41, 5.74) is 3.76. The lowest BCUT2D eigenvalue weighted by molar-refractivity contribution is -0.134. The molecule has 3 aliphatic heterocycles. The van der Waals surface area contributed by atoms with E-state index in [0.717, 1.165) is 68.8 Å². The monoisotopic (exact) mass is 381 g/mol. The molecule has 3 aliphatic rings. The summed E-state index contributed by atoms with van der Waals surface area (Å²) in [5, 5.41) is 6.99. The summed E-state index contributed by atoms with van der Waals surface area (Å²) < 4.78 is 0. The van der Waals surface area contributed by atoms with Gasteiger partial charge in [-0.25, -0.2) is 4.98 Å². The van der Waals surface area contributed by atoms with Crippen molar-refractivity contribution in [2.75, 3.05) is 32.7 Å². The molecule has 1 amide bonds. The molecule has 5 rings (SSSR count). The van der Waals surface area contributed by atoms with Crippen molar-refractivity contribution in [1.82, 2.24) is 25.5 Å². The standard InChI is InChI=1S/C22H31N5O/c1-15-3-2-4-17-19(15)26-20(25-17)16-5-11-27(12-6-16)21(28)18-13-22(14-24-18)7-9-23-10-8-22/h2-4,16,18,23-24H,5-14H2,1H3,(H,25,26). The lowest BCUT2D eigenvalue weighted by Crippen LogP contribution is -2.46. The molecule has 1 spiro atoms. The van der Waals surface area contributed by atoms with Gasteiger partial charge in [0, 0.05) is 25.6 Å². The van der Waals surface area contributed by atoms with Crippen molar-refractivity contribution in [3.05, 3.63) is 29.6 Å². The van der Waals surface area contributed by atoms with Crippen LogP contribution in [-0.4, -0.2) is 59.5 Å². The van der Waals surface area contributed by atoms with E-state index in [2.05, 4.69) is 45.6 Å². The van der Waals surface area contributed by atoms with Crippen molar-refractivity contribution in [2.24, 2.45) is 5.41 Å². The highest BCUT2D eigenvalue weighted by Gasteiger charge is 2.43. The Labute approximate surface area is 166 Å². The lowest BCUT2D eigenvalue weighted by Gasteiger charge is -2.34. The Hall–Kier alpha value is -1.92. The Morgan fingerprint density at radius 3 is 2.75 bits per heavy atom. The van der Waals surface area contributed by atoms with Gasteiger partial charge in [-0.05, 0) is 69.2 Å². The van der Waals surface area contributed by atoms with Gasteiger partial charge in [-0.2, -0.15) is 0 Å². The summed E-state index contributed by atoms with van der Waals surface area (Å²) in [7, 11) is 0. The number of benzene rings is 1. The van der Waals surface area contributed by atoms with Gasteiger partial charge in [0.1, 0.15) is 5.82 Å². The van der Waals surface area contributed by atoms with E-state index in [1.54, 1.807) is 0 Å². The summed E-state index contributed by atoms with van der Waals surface area (Å²) in [6.45, 7) is 6.96. The van der Waals surface area contributed by atoms with Gasteiger partial charge in [-0.15, -0.1) is 0 Å². The molecule has 1 aromatic heterocycles. The first-order valence-corrected chi connectivity index (χ1v) is 10.8. The number of likely N-dealkylation sites (tertiary alicyclic amines) is 1. The molecule has 1 aromatic carbocycles. The molecule has 0 radical (unpaired) electrons. The number of nitrogens with zero attached hydrogens (tertiary/aromatic N) is 2. The third-order valence-electron chi connectivity index (χ3n) is 7.25. The van der Waals surface area contributed by atoms with Crippen LogP contribution < -0.4 is 10.6 Å². The van der Waals surface area contributed by atoms with Crippen molar-refractivity contribution in [1.29, 1.82) is 0 Å². The molecule has 0 saturated carbocycles. The number of hydrogen-bond donors (Lipinski definition) is 3. The number of nitrogens with one attached hydrogen (secondary N) is 3. The number of para-hydroxylation sites is 1. The summed E-state index contributed by atoms with van der Waals surface area (Å²) >= 11 is 0. The van der Waals surface area contributed by atoms with Gasteiger partial charge < -0.3 is 20.5 Å². The fourth-order valence-corrected chi connectivity index (χ4v) is 5.41. The lowest BCUT2D eigenvalue weighted by atomic mass is 9.77. The van der Waals surface area contributed by atoms with Gasteiger partial charge in [0.05, 0.1) is 17.1 Å². The smallest absolute Gasteiger partial charge is 0.239 e. The fourth-order valence-electron chi connectivity index (χ4n) is 5.41. The number of aryl methyl sites for hydroxylation is 1. The summed E-state index contributed by atoms with van der Waals surface area (Å²) in [4.78, 5) is 23.5. The highest BCUT2D eigenvalue weighted by atomic mass is 16.2. The molecule has 3 N–H and O–H groups in total. The molecule has 1 unspecified atom stereocenters. The fraction of sp³-hybridized carbons (Fsp3) is 0.636. The average molecular weight is 382 g/mol. The second-order valence-corrected chi connectivity index (χ2v) is 9.08. The van der Waals surface area contributed by atoms with Crippen LogP contribution in [0.1, 0.15) is 49.4 Å². The largest absolute Gasteiger partial charge is 0.342 e. The maximum Gasteiger partial charge on any atom is 0.239 e. The van der Waals surface area contributed by atoms with Crippen LogP contribution in [0.2, 0.25) is 0 Å². The van der Waals surface area contributed by atoms with Crippen molar-refractivity contribution in [2.45, 2.75) is 51.0 Å². The number of imidazole rings is 1.